The Labute approximate surface area is 174 Å². The molecule has 3 aromatic rings. The second-order valence-electron chi connectivity index (χ2n) is 6.12. The molecule has 29 heavy (non-hydrogen) atoms. The number of ether oxygens (including phenoxy) is 1. The maximum absolute atomic E-state index is 12.2. The number of nitrogens with zero attached hydrogens (tertiary/aromatic N) is 2. The third kappa shape index (κ3) is 5.27. The van der Waals surface area contributed by atoms with Gasteiger partial charge in [-0.25, -0.2) is 4.98 Å². The second-order valence-corrected chi connectivity index (χ2v) is 7.64. The highest BCUT2D eigenvalue weighted by Crippen LogP contribution is 2.27. The van der Waals surface area contributed by atoms with E-state index in [4.69, 9.17) is 16.3 Å². The van der Waals surface area contributed by atoms with Gasteiger partial charge in [0, 0.05) is 18.6 Å². The average molecular weight is 434 g/mol. The lowest BCUT2D eigenvalue weighted by Gasteiger charge is -2.14. The molecule has 0 radical (unpaired) electrons. The van der Waals surface area contributed by atoms with Crippen LogP contribution in [0.2, 0.25) is 5.02 Å². The minimum atomic E-state index is -1.09. The van der Waals surface area contributed by atoms with E-state index in [9.17, 15) is 19.7 Å². The van der Waals surface area contributed by atoms with E-state index in [1.165, 1.54) is 30.4 Å². The molecular weight excluding hydrogens is 418 g/mol. The number of anilines is 1. The van der Waals surface area contributed by atoms with Gasteiger partial charge in [0.2, 0.25) is 0 Å². The van der Waals surface area contributed by atoms with Gasteiger partial charge >= 0.3 is 5.97 Å². The van der Waals surface area contributed by atoms with Gasteiger partial charge in [-0.3, -0.25) is 19.7 Å². The maximum Gasteiger partial charge on any atom is 0.306 e. The fourth-order valence-electron chi connectivity index (χ4n) is 2.50. The number of carbonyl (C=O) groups excluding carboxylic acids is 2. The lowest BCUT2D eigenvalue weighted by atomic mass is 10.2. The number of carbonyl (C=O) groups is 2. The van der Waals surface area contributed by atoms with Crippen molar-refractivity contribution in [1.82, 2.24) is 4.98 Å². The lowest BCUT2D eigenvalue weighted by molar-refractivity contribution is -0.384. The van der Waals surface area contributed by atoms with E-state index in [1.807, 2.05) is 24.3 Å². The summed E-state index contributed by atoms with van der Waals surface area (Å²) in [5.74, 6) is -1.18. The second kappa shape index (κ2) is 8.97. The first-order chi connectivity index (χ1) is 13.8. The summed E-state index contributed by atoms with van der Waals surface area (Å²) in [6, 6.07) is 11.4. The van der Waals surface area contributed by atoms with Crippen LogP contribution in [0.15, 0.2) is 42.5 Å². The van der Waals surface area contributed by atoms with Crippen molar-refractivity contribution in [2.45, 2.75) is 25.9 Å². The summed E-state index contributed by atoms with van der Waals surface area (Å²) in [5.41, 5.74) is 0.732. The molecule has 1 amide bonds. The molecule has 150 valence electrons. The number of nitro groups is 1. The van der Waals surface area contributed by atoms with Crippen LogP contribution in [0.4, 0.5) is 11.4 Å². The van der Waals surface area contributed by atoms with Crippen LogP contribution in [0, 0.1) is 10.1 Å². The van der Waals surface area contributed by atoms with Crippen molar-refractivity contribution in [1.29, 1.82) is 0 Å². The van der Waals surface area contributed by atoms with Gasteiger partial charge in [-0.15, -0.1) is 11.3 Å². The van der Waals surface area contributed by atoms with Crippen molar-refractivity contribution in [2.75, 3.05) is 5.32 Å². The molecule has 0 bridgehead atoms. The fraction of sp³-hybridized carbons (Fsp3) is 0.211. The molecule has 0 fully saturated rings. The number of nitrogens with one attached hydrogen (secondary N) is 1. The number of halogens is 1. The quantitative estimate of drug-likeness (QED) is 0.336. The Bertz CT molecular complexity index is 1050. The number of aryl methyl sites for hydroxylation is 1. The molecule has 0 saturated carbocycles. The predicted molar refractivity (Wildman–Crippen MR) is 110 cm³/mol. The summed E-state index contributed by atoms with van der Waals surface area (Å²) >= 11 is 7.46. The molecule has 1 aromatic heterocycles. The highest BCUT2D eigenvalue weighted by molar-refractivity contribution is 7.18. The Hall–Kier alpha value is -3.04. The van der Waals surface area contributed by atoms with Crippen molar-refractivity contribution in [3.05, 3.63) is 62.6 Å². The Balaban J connectivity index is 1.54. The maximum atomic E-state index is 12.2. The summed E-state index contributed by atoms with van der Waals surface area (Å²) in [5, 5.41) is 14.2. The molecule has 1 unspecified atom stereocenters. The molecule has 3 rings (SSSR count). The van der Waals surface area contributed by atoms with E-state index in [2.05, 4.69) is 10.3 Å². The number of hydrogen-bond acceptors (Lipinski definition) is 7. The van der Waals surface area contributed by atoms with Gasteiger partial charge in [-0.2, -0.15) is 0 Å². The summed E-state index contributed by atoms with van der Waals surface area (Å²) in [6.45, 7) is 1.41. The summed E-state index contributed by atoms with van der Waals surface area (Å²) < 4.78 is 6.19. The number of esters is 1. The van der Waals surface area contributed by atoms with Gasteiger partial charge in [0.1, 0.15) is 0 Å². The third-order valence-electron chi connectivity index (χ3n) is 3.98. The SMILES string of the molecule is CC(OC(=O)CCc1nc2ccccc2s1)C(=O)Nc1cc([N+](=O)[O-])ccc1Cl. The highest BCUT2D eigenvalue weighted by Gasteiger charge is 2.20. The van der Waals surface area contributed by atoms with Crippen LogP contribution >= 0.6 is 22.9 Å². The predicted octanol–water partition coefficient (Wildman–Crippen LogP) is 4.36. The van der Waals surface area contributed by atoms with Crippen LogP contribution in [-0.4, -0.2) is 27.9 Å². The van der Waals surface area contributed by atoms with Gasteiger partial charge < -0.3 is 10.1 Å². The van der Waals surface area contributed by atoms with E-state index in [-0.39, 0.29) is 22.8 Å². The van der Waals surface area contributed by atoms with Crippen molar-refractivity contribution in [3.8, 4) is 0 Å². The normalized spacial score (nSPS) is 11.8. The van der Waals surface area contributed by atoms with Crippen molar-refractivity contribution in [3.63, 3.8) is 0 Å². The molecule has 1 atom stereocenters. The molecule has 0 spiro atoms. The molecule has 0 aliphatic heterocycles. The summed E-state index contributed by atoms with van der Waals surface area (Å²) in [7, 11) is 0. The number of benzene rings is 2. The van der Waals surface area contributed by atoms with Crippen LogP contribution in [0.3, 0.4) is 0 Å². The molecule has 10 heteroatoms. The van der Waals surface area contributed by atoms with Gasteiger partial charge in [-0.05, 0) is 25.1 Å². The molecule has 1 heterocycles. The number of amides is 1. The van der Waals surface area contributed by atoms with E-state index < -0.39 is 22.9 Å². The van der Waals surface area contributed by atoms with Crippen LogP contribution in [0.25, 0.3) is 10.2 Å². The zero-order valence-electron chi connectivity index (χ0n) is 15.3. The number of aromatic nitrogens is 1. The molecule has 1 N–H and O–H groups in total. The topological polar surface area (TPSA) is 111 Å². The van der Waals surface area contributed by atoms with E-state index in [0.717, 1.165) is 21.3 Å². The van der Waals surface area contributed by atoms with E-state index in [0.29, 0.717) is 6.42 Å². The minimum Gasteiger partial charge on any atom is -0.453 e. The summed E-state index contributed by atoms with van der Waals surface area (Å²) in [6.07, 6.45) is -0.605. The van der Waals surface area contributed by atoms with Crippen LogP contribution < -0.4 is 5.32 Å². The molecule has 8 nitrogen and oxygen atoms in total. The number of para-hydroxylation sites is 1. The molecule has 0 aliphatic carbocycles. The molecule has 2 aromatic carbocycles. The van der Waals surface area contributed by atoms with Crippen LogP contribution in [0.1, 0.15) is 18.4 Å². The number of rotatable bonds is 7. The Kier molecular flexibility index (Phi) is 6.40. The first-order valence-electron chi connectivity index (χ1n) is 8.62. The Morgan fingerprint density at radius 1 is 1.31 bits per heavy atom. The molecule has 0 aliphatic rings. The first-order valence-corrected chi connectivity index (χ1v) is 9.81. The average Bonchev–Trinajstić information content (AvgIpc) is 3.10. The Morgan fingerprint density at radius 2 is 2.07 bits per heavy atom. The van der Waals surface area contributed by atoms with Gasteiger partial charge in [0.05, 0.1) is 37.3 Å². The lowest BCUT2D eigenvalue weighted by Crippen LogP contribution is -2.30. The minimum absolute atomic E-state index is 0.0724. The van der Waals surface area contributed by atoms with E-state index in [1.54, 1.807) is 0 Å². The van der Waals surface area contributed by atoms with Crippen molar-refractivity contribution in [2.24, 2.45) is 0 Å². The van der Waals surface area contributed by atoms with Gasteiger partial charge in [-0.1, -0.05) is 23.7 Å². The van der Waals surface area contributed by atoms with Gasteiger partial charge in [0.15, 0.2) is 6.10 Å². The van der Waals surface area contributed by atoms with Gasteiger partial charge in [0.25, 0.3) is 11.6 Å². The number of thiazole rings is 1. The third-order valence-corrected chi connectivity index (χ3v) is 5.40. The standard InChI is InChI=1S/C19H16ClN3O5S/c1-11(19(25)22-15-10-12(23(26)27)6-7-13(15)20)28-18(24)9-8-17-21-14-4-2-3-5-16(14)29-17/h2-7,10-11H,8-9H2,1H3,(H,22,25). The smallest absolute Gasteiger partial charge is 0.306 e. The monoisotopic (exact) mass is 433 g/mol. The number of non-ortho nitro benzene ring substituents is 1. The number of hydrogen-bond donors (Lipinski definition) is 1. The first kappa shape index (κ1) is 20.7. The highest BCUT2D eigenvalue weighted by atomic mass is 35.5. The van der Waals surface area contributed by atoms with Crippen LogP contribution in [-0.2, 0) is 20.7 Å². The fourth-order valence-corrected chi connectivity index (χ4v) is 3.63. The van der Waals surface area contributed by atoms with Crippen LogP contribution in [0.5, 0.6) is 0 Å². The van der Waals surface area contributed by atoms with Crippen molar-refractivity contribution < 1.29 is 19.2 Å². The number of nitro benzene ring substituents is 1. The molecule has 0 saturated heterocycles. The number of fused-ring (bicyclic) bond motifs is 1. The zero-order valence-corrected chi connectivity index (χ0v) is 16.8. The summed E-state index contributed by atoms with van der Waals surface area (Å²) in [4.78, 5) is 39.0. The molecular formula is C19H16ClN3O5S. The zero-order chi connectivity index (χ0) is 21.0. The largest absolute Gasteiger partial charge is 0.453 e. The van der Waals surface area contributed by atoms with E-state index >= 15 is 0 Å². The Morgan fingerprint density at radius 3 is 2.79 bits per heavy atom. The van der Waals surface area contributed by atoms with Crippen molar-refractivity contribution >= 4 is 56.4 Å².